The number of halogens is 1. The lowest BCUT2D eigenvalue weighted by atomic mass is 9.99. The van der Waals surface area contributed by atoms with E-state index in [0.29, 0.717) is 25.9 Å². The highest BCUT2D eigenvalue weighted by Gasteiger charge is 2.34. The molecule has 7 nitrogen and oxygen atoms in total. The van der Waals surface area contributed by atoms with Gasteiger partial charge in [-0.3, -0.25) is 9.59 Å². The number of ether oxygens (including phenoxy) is 1. The van der Waals surface area contributed by atoms with Gasteiger partial charge < -0.3 is 15.0 Å². The largest absolute Gasteiger partial charge is 0.497 e. The summed E-state index contributed by atoms with van der Waals surface area (Å²) in [6.45, 7) is 1.23. The van der Waals surface area contributed by atoms with Crippen molar-refractivity contribution in [2.75, 3.05) is 20.2 Å². The number of carbonyl (C=O) groups is 2. The number of hydrazine groups is 1. The van der Waals surface area contributed by atoms with Crippen molar-refractivity contribution in [1.29, 1.82) is 0 Å². The number of amides is 2. The minimum Gasteiger partial charge on any atom is -0.497 e. The van der Waals surface area contributed by atoms with Crippen LogP contribution in [0.5, 0.6) is 5.75 Å². The highest BCUT2D eigenvalue weighted by molar-refractivity contribution is 5.82. The maximum Gasteiger partial charge on any atom is 0.241 e. The zero-order valence-corrected chi connectivity index (χ0v) is 18.1. The van der Waals surface area contributed by atoms with Crippen LogP contribution < -0.4 is 20.9 Å². The second-order valence-electron chi connectivity index (χ2n) is 8.38. The standard InChI is InChI=1S/C24H29FN4O3/c1-32-20-4-2-3-16(13-20)14-23(30)26-19-9-11-29(12-10-19)24(31)22-15-21(27-28-22)17-5-7-18(25)8-6-17/h2-8,13,19,21-22,27-28H,9-12,14-15H2,1H3,(H,26,30). The number of hydrogen-bond acceptors (Lipinski definition) is 5. The molecule has 2 aromatic rings. The minimum atomic E-state index is -0.316. The molecule has 2 saturated heterocycles. The quantitative estimate of drug-likeness (QED) is 0.641. The van der Waals surface area contributed by atoms with Crippen molar-refractivity contribution in [2.45, 2.75) is 43.8 Å². The van der Waals surface area contributed by atoms with Crippen LogP contribution in [0.1, 0.15) is 36.4 Å². The third-order valence-corrected chi connectivity index (χ3v) is 6.14. The molecule has 2 unspecified atom stereocenters. The monoisotopic (exact) mass is 440 g/mol. The first kappa shape index (κ1) is 22.2. The molecule has 0 spiro atoms. The Morgan fingerprint density at radius 2 is 1.88 bits per heavy atom. The fraction of sp³-hybridized carbons (Fsp3) is 0.417. The molecule has 0 aliphatic carbocycles. The summed E-state index contributed by atoms with van der Waals surface area (Å²) >= 11 is 0. The normalized spacial score (nSPS) is 21.4. The van der Waals surface area contributed by atoms with Crippen molar-refractivity contribution < 1.29 is 18.7 Å². The molecule has 3 N–H and O–H groups in total. The summed E-state index contributed by atoms with van der Waals surface area (Å²) in [7, 11) is 1.61. The number of rotatable bonds is 6. The number of methoxy groups -OCH3 is 1. The molecule has 2 atom stereocenters. The Hall–Kier alpha value is -2.97. The maximum atomic E-state index is 13.1. The molecule has 4 rings (SSSR count). The predicted molar refractivity (Wildman–Crippen MR) is 118 cm³/mol. The van der Waals surface area contributed by atoms with Crippen LogP contribution in [0.4, 0.5) is 4.39 Å². The number of carbonyl (C=O) groups excluding carboxylic acids is 2. The van der Waals surface area contributed by atoms with Crippen LogP contribution in [0.15, 0.2) is 48.5 Å². The molecule has 2 heterocycles. The average Bonchev–Trinajstić information content (AvgIpc) is 3.30. The second-order valence-corrected chi connectivity index (χ2v) is 8.38. The number of nitrogens with zero attached hydrogens (tertiary/aromatic N) is 1. The van der Waals surface area contributed by atoms with E-state index in [1.54, 1.807) is 19.2 Å². The average molecular weight is 441 g/mol. The van der Waals surface area contributed by atoms with Gasteiger partial charge in [-0.25, -0.2) is 15.2 Å². The number of piperidine rings is 1. The van der Waals surface area contributed by atoms with Gasteiger partial charge in [-0.2, -0.15) is 0 Å². The van der Waals surface area contributed by atoms with Crippen LogP contribution in [-0.4, -0.2) is 49.0 Å². The Morgan fingerprint density at radius 3 is 2.59 bits per heavy atom. The molecule has 2 amide bonds. The minimum absolute atomic E-state index is 0.0215. The molecule has 0 saturated carbocycles. The zero-order chi connectivity index (χ0) is 22.5. The number of hydrogen-bond donors (Lipinski definition) is 3. The van der Waals surface area contributed by atoms with E-state index in [-0.39, 0.29) is 35.8 Å². The first-order valence-corrected chi connectivity index (χ1v) is 11.0. The fourth-order valence-corrected chi connectivity index (χ4v) is 4.34. The highest BCUT2D eigenvalue weighted by Crippen LogP contribution is 2.24. The van der Waals surface area contributed by atoms with Gasteiger partial charge in [0, 0.05) is 25.2 Å². The van der Waals surface area contributed by atoms with E-state index in [4.69, 9.17) is 4.74 Å². The molecular formula is C24H29FN4O3. The Kier molecular flexibility index (Phi) is 7.02. The van der Waals surface area contributed by atoms with Crippen molar-refractivity contribution in [3.05, 3.63) is 65.5 Å². The number of likely N-dealkylation sites (tertiary alicyclic amines) is 1. The molecule has 8 heteroatoms. The first-order chi connectivity index (χ1) is 15.5. The Bertz CT molecular complexity index is 945. The van der Waals surface area contributed by atoms with Crippen LogP contribution in [0, 0.1) is 5.82 Å². The molecule has 0 aromatic heterocycles. The van der Waals surface area contributed by atoms with E-state index < -0.39 is 0 Å². The van der Waals surface area contributed by atoms with Gasteiger partial charge in [-0.15, -0.1) is 0 Å². The molecule has 32 heavy (non-hydrogen) atoms. The lowest BCUT2D eigenvalue weighted by Gasteiger charge is -2.33. The van der Waals surface area contributed by atoms with Gasteiger partial charge in [0.15, 0.2) is 0 Å². The Morgan fingerprint density at radius 1 is 1.12 bits per heavy atom. The topological polar surface area (TPSA) is 82.7 Å². The van der Waals surface area contributed by atoms with Gasteiger partial charge >= 0.3 is 0 Å². The van der Waals surface area contributed by atoms with E-state index >= 15 is 0 Å². The van der Waals surface area contributed by atoms with Gasteiger partial charge in [-0.1, -0.05) is 24.3 Å². The summed E-state index contributed by atoms with van der Waals surface area (Å²) in [5, 5.41) is 3.09. The molecule has 2 aliphatic rings. The number of nitrogens with one attached hydrogen (secondary N) is 3. The van der Waals surface area contributed by atoms with Gasteiger partial charge in [0.05, 0.1) is 13.5 Å². The van der Waals surface area contributed by atoms with E-state index in [1.165, 1.54) is 12.1 Å². The molecular weight excluding hydrogens is 411 g/mol. The molecule has 2 aliphatic heterocycles. The zero-order valence-electron chi connectivity index (χ0n) is 18.1. The summed E-state index contributed by atoms with van der Waals surface area (Å²) in [5.74, 6) is 0.500. The summed E-state index contributed by atoms with van der Waals surface area (Å²) in [6.07, 6.45) is 2.38. The Balaban J connectivity index is 1.22. The highest BCUT2D eigenvalue weighted by atomic mass is 19.1. The van der Waals surface area contributed by atoms with E-state index in [2.05, 4.69) is 16.2 Å². The van der Waals surface area contributed by atoms with Crippen molar-refractivity contribution in [2.24, 2.45) is 0 Å². The summed E-state index contributed by atoms with van der Waals surface area (Å²) in [4.78, 5) is 27.2. The predicted octanol–water partition coefficient (Wildman–Crippen LogP) is 2.09. The van der Waals surface area contributed by atoms with Gasteiger partial charge in [-0.05, 0) is 54.7 Å². The lowest BCUT2D eigenvalue weighted by Crippen LogP contribution is -2.51. The Labute approximate surface area is 187 Å². The van der Waals surface area contributed by atoms with Crippen molar-refractivity contribution >= 4 is 11.8 Å². The molecule has 2 aromatic carbocycles. The van der Waals surface area contributed by atoms with Crippen molar-refractivity contribution in [1.82, 2.24) is 21.1 Å². The van der Waals surface area contributed by atoms with Crippen molar-refractivity contribution in [3.8, 4) is 5.75 Å². The van der Waals surface area contributed by atoms with Crippen LogP contribution in [0.2, 0.25) is 0 Å². The van der Waals surface area contributed by atoms with Crippen LogP contribution in [0.25, 0.3) is 0 Å². The van der Waals surface area contributed by atoms with Gasteiger partial charge in [0.2, 0.25) is 11.8 Å². The van der Waals surface area contributed by atoms with Crippen molar-refractivity contribution in [3.63, 3.8) is 0 Å². The van der Waals surface area contributed by atoms with Crippen LogP contribution in [-0.2, 0) is 16.0 Å². The summed E-state index contributed by atoms with van der Waals surface area (Å²) < 4.78 is 18.3. The summed E-state index contributed by atoms with van der Waals surface area (Å²) in [5.41, 5.74) is 8.08. The number of benzene rings is 2. The van der Waals surface area contributed by atoms with Crippen LogP contribution >= 0.6 is 0 Å². The third-order valence-electron chi connectivity index (χ3n) is 6.14. The smallest absolute Gasteiger partial charge is 0.241 e. The SMILES string of the molecule is COc1cccc(CC(=O)NC2CCN(C(=O)C3CC(c4ccc(F)cc4)NN3)CC2)c1. The second kappa shape index (κ2) is 10.1. The molecule has 0 radical (unpaired) electrons. The van der Waals surface area contributed by atoms with Gasteiger partial charge in [0.1, 0.15) is 17.6 Å². The van der Waals surface area contributed by atoms with E-state index in [9.17, 15) is 14.0 Å². The molecule has 2 fully saturated rings. The van der Waals surface area contributed by atoms with Gasteiger partial charge in [0.25, 0.3) is 0 Å². The molecule has 0 bridgehead atoms. The first-order valence-electron chi connectivity index (χ1n) is 11.0. The molecule has 170 valence electrons. The summed E-state index contributed by atoms with van der Waals surface area (Å²) in [6, 6.07) is 13.6. The van der Waals surface area contributed by atoms with Crippen LogP contribution in [0.3, 0.4) is 0 Å². The lowest BCUT2D eigenvalue weighted by molar-refractivity contribution is -0.134. The fourth-order valence-electron chi connectivity index (χ4n) is 4.34. The maximum absolute atomic E-state index is 13.1. The third kappa shape index (κ3) is 5.44. The van der Waals surface area contributed by atoms with E-state index in [1.807, 2.05) is 29.2 Å². The van der Waals surface area contributed by atoms with E-state index in [0.717, 1.165) is 29.7 Å².